The minimum atomic E-state index is -0.488. The first kappa shape index (κ1) is 19.3. The lowest BCUT2D eigenvalue weighted by Gasteiger charge is -2.13. The number of rotatable bonds is 4. The third kappa shape index (κ3) is 3.94. The van der Waals surface area contributed by atoms with E-state index in [1.807, 2.05) is 31.5 Å². The number of thioether (sulfide) groups is 1. The summed E-state index contributed by atoms with van der Waals surface area (Å²) in [6.07, 6.45) is 1.69. The first-order chi connectivity index (χ1) is 12.8. The van der Waals surface area contributed by atoms with E-state index in [2.05, 4.69) is 5.32 Å². The van der Waals surface area contributed by atoms with Crippen molar-refractivity contribution in [2.75, 3.05) is 11.9 Å². The lowest BCUT2D eigenvalue weighted by Crippen LogP contribution is -2.36. The van der Waals surface area contributed by atoms with Gasteiger partial charge in [-0.3, -0.25) is 19.3 Å². The molecule has 1 fully saturated rings. The van der Waals surface area contributed by atoms with Crippen LogP contribution in [0, 0.1) is 13.8 Å². The molecule has 3 rings (SSSR count). The highest BCUT2D eigenvalue weighted by Gasteiger charge is 2.36. The molecule has 0 bridgehead atoms. The summed E-state index contributed by atoms with van der Waals surface area (Å²) >= 11 is 6.84. The summed E-state index contributed by atoms with van der Waals surface area (Å²) in [6.45, 7) is 3.55. The molecule has 140 valence electrons. The van der Waals surface area contributed by atoms with E-state index in [1.165, 1.54) is 0 Å². The fourth-order valence-corrected chi connectivity index (χ4v) is 3.72. The molecule has 1 aliphatic rings. The molecule has 0 unspecified atom stereocenters. The molecule has 0 aliphatic carbocycles. The number of nitrogens with zero attached hydrogens (tertiary/aromatic N) is 2. The van der Waals surface area contributed by atoms with Crippen LogP contribution in [0.1, 0.15) is 17.0 Å². The molecule has 2 aromatic rings. The van der Waals surface area contributed by atoms with Crippen molar-refractivity contribution in [2.24, 2.45) is 7.05 Å². The Morgan fingerprint density at radius 1 is 1.26 bits per heavy atom. The molecule has 1 aromatic heterocycles. The van der Waals surface area contributed by atoms with Gasteiger partial charge < -0.3 is 9.88 Å². The maximum atomic E-state index is 12.6. The number of amides is 3. The first-order valence-corrected chi connectivity index (χ1v) is 9.40. The zero-order valence-electron chi connectivity index (χ0n) is 15.1. The molecule has 27 heavy (non-hydrogen) atoms. The Kier molecular flexibility index (Phi) is 5.43. The van der Waals surface area contributed by atoms with Crippen LogP contribution in [-0.4, -0.2) is 33.1 Å². The van der Waals surface area contributed by atoms with Crippen LogP contribution in [0.15, 0.2) is 35.2 Å². The number of anilines is 1. The van der Waals surface area contributed by atoms with Crippen LogP contribution in [-0.2, 0) is 16.6 Å². The van der Waals surface area contributed by atoms with Crippen molar-refractivity contribution < 1.29 is 14.4 Å². The van der Waals surface area contributed by atoms with Gasteiger partial charge in [0, 0.05) is 18.4 Å². The second-order valence-corrected chi connectivity index (χ2v) is 7.58. The molecular formula is C19H18ClN3O3S. The van der Waals surface area contributed by atoms with Gasteiger partial charge in [-0.1, -0.05) is 23.7 Å². The van der Waals surface area contributed by atoms with Crippen molar-refractivity contribution in [3.63, 3.8) is 0 Å². The van der Waals surface area contributed by atoms with Gasteiger partial charge in [0.1, 0.15) is 6.54 Å². The highest BCUT2D eigenvalue weighted by molar-refractivity contribution is 8.18. The van der Waals surface area contributed by atoms with E-state index >= 15 is 0 Å². The van der Waals surface area contributed by atoms with Gasteiger partial charge in [-0.25, -0.2) is 0 Å². The van der Waals surface area contributed by atoms with Gasteiger partial charge in [-0.15, -0.1) is 0 Å². The lowest BCUT2D eigenvalue weighted by molar-refractivity contribution is -0.127. The van der Waals surface area contributed by atoms with E-state index in [9.17, 15) is 14.4 Å². The van der Waals surface area contributed by atoms with Gasteiger partial charge in [0.2, 0.25) is 5.91 Å². The minimum absolute atomic E-state index is 0.305. The number of benzene rings is 1. The Labute approximate surface area is 166 Å². The summed E-state index contributed by atoms with van der Waals surface area (Å²) in [5.74, 6) is -0.960. The second kappa shape index (κ2) is 7.62. The van der Waals surface area contributed by atoms with E-state index in [1.54, 1.807) is 30.3 Å². The van der Waals surface area contributed by atoms with Crippen molar-refractivity contribution >= 4 is 52.2 Å². The molecule has 0 atom stereocenters. The van der Waals surface area contributed by atoms with E-state index in [0.717, 1.165) is 33.6 Å². The molecule has 0 radical (unpaired) electrons. The monoisotopic (exact) mass is 403 g/mol. The maximum absolute atomic E-state index is 12.6. The summed E-state index contributed by atoms with van der Waals surface area (Å²) in [7, 11) is 1.94. The first-order valence-electron chi connectivity index (χ1n) is 8.20. The van der Waals surface area contributed by atoms with Crippen molar-refractivity contribution in [1.29, 1.82) is 0 Å². The normalized spacial score (nSPS) is 15.7. The minimum Gasteiger partial charge on any atom is -0.352 e. The predicted octanol–water partition coefficient (Wildman–Crippen LogP) is 3.97. The van der Waals surface area contributed by atoms with Crippen LogP contribution in [0.5, 0.6) is 0 Å². The number of halogens is 1. The van der Waals surface area contributed by atoms with Crippen LogP contribution in [0.4, 0.5) is 10.5 Å². The van der Waals surface area contributed by atoms with Gasteiger partial charge in [0.25, 0.3) is 11.1 Å². The lowest BCUT2D eigenvalue weighted by atomic mass is 10.2. The number of aromatic nitrogens is 1. The number of para-hydroxylation sites is 1. The van der Waals surface area contributed by atoms with E-state index in [0.29, 0.717) is 15.6 Å². The van der Waals surface area contributed by atoms with Crippen LogP contribution < -0.4 is 5.32 Å². The third-order valence-corrected chi connectivity index (χ3v) is 5.66. The van der Waals surface area contributed by atoms with Gasteiger partial charge in [0.15, 0.2) is 0 Å². The fraction of sp³-hybridized carbons (Fsp3) is 0.211. The molecular weight excluding hydrogens is 386 g/mol. The molecule has 1 saturated heterocycles. The summed E-state index contributed by atoms with van der Waals surface area (Å²) in [5, 5.41) is 2.53. The number of hydrogen-bond donors (Lipinski definition) is 1. The summed E-state index contributed by atoms with van der Waals surface area (Å²) in [6, 6.07) is 8.72. The number of carbonyl (C=O) groups excluding carboxylic acids is 3. The quantitative estimate of drug-likeness (QED) is 0.784. The second-order valence-electron chi connectivity index (χ2n) is 6.18. The predicted molar refractivity (Wildman–Crippen MR) is 108 cm³/mol. The van der Waals surface area contributed by atoms with Crippen LogP contribution >= 0.6 is 23.4 Å². The number of aryl methyl sites for hydroxylation is 1. The van der Waals surface area contributed by atoms with Crippen molar-refractivity contribution in [2.45, 2.75) is 13.8 Å². The molecule has 2 heterocycles. The molecule has 3 amide bonds. The molecule has 0 saturated carbocycles. The van der Waals surface area contributed by atoms with Gasteiger partial charge >= 0.3 is 0 Å². The highest BCUT2D eigenvalue weighted by atomic mass is 35.5. The standard InChI is InChI=1S/C19H18ClN3O3S/c1-11-8-13(12(2)22(11)3)9-16-18(25)23(19(26)27-16)10-17(24)21-15-7-5-4-6-14(15)20/h4-9H,10H2,1-3H3,(H,21,24)/b16-9+. The van der Waals surface area contributed by atoms with E-state index in [4.69, 9.17) is 11.6 Å². The van der Waals surface area contributed by atoms with Crippen molar-refractivity contribution in [3.8, 4) is 0 Å². The molecule has 6 nitrogen and oxygen atoms in total. The number of nitrogens with one attached hydrogen (secondary N) is 1. The Hall–Kier alpha value is -2.51. The number of carbonyl (C=O) groups is 3. The van der Waals surface area contributed by atoms with Crippen molar-refractivity contribution in [1.82, 2.24) is 9.47 Å². The Balaban J connectivity index is 1.74. The molecule has 0 spiro atoms. The average Bonchev–Trinajstić information content (AvgIpc) is 3.02. The Bertz CT molecular complexity index is 981. The van der Waals surface area contributed by atoms with Crippen molar-refractivity contribution in [3.05, 3.63) is 57.2 Å². The van der Waals surface area contributed by atoms with Gasteiger partial charge in [0.05, 0.1) is 15.6 Å². The Morgan fingerprint density at radius 2 is 1.96 bits per heavy atom. The van der Waals surface area contributed by atoms with E-state index < -0.39 is 17.1 Å². The number of imide groups is 1. The fourth-order valence-electron chi connectivity index (χ4n) is 2.70. The topological polar surface area (TPSA) is 71.4 Å². The average molecular weight is 404 g/mol. The van der Waals surface area contributed by atoms with E-state index in [-0.39, 0.29) is 6.54 Å². The largest absolute Gasteiger partial charge is 0.352 e. The van der Waals surface area contributed by atoms with Gasteiger partial charge in [-0.05, 0) is 55.4 Å². The zero-order valence-corrected chi connectivity index (χ0v) is 16.6. The third-order valence-electron chi connectivity index (χ3n) is 4.42. The molecule has 1 N–H and O–H groups in total. The summed E-state index contributed by atoms with van der Waals surface area (Å²) < 4.78 is 2.01. The van der Waals surface area contributed by atoms with Crippen LogP contribution in [0.3, 0.4) is 0 Å². The molecule has 1 aliphatic heterocycles. The molecule has 1 aromatic carbocycles. The zero-order chi connectivity index (χ0) is 19.7. The summed E-state index contributed by atoms with van der Waals surface area (Å²) in [4.78, 5) is 38.3. The number of hydrogen-bond acceptors (Lipinski definition) is 4. The van der Waals surface area contributed by atoms with Crippen LogP contribution in [0.2, 0.25) is 5.02 Å². The maximum Gasteiger partial charge on any atom is 0.294 e. The smallest absolute Gasteiger partial charge is 0.294 e. The van der Waals surface area contributed by atoms with Gasteiger partial charge in [-0.2, -0.15) is 0 Å². The SMILES string of the molecule is Cc1cc(/C=C2/SC(=O)N(CC(=O)Nc3ccccc3Cl)C2=O)c(C)n1C. The van der Waals surface area contributed by atoms with Crippen LogP contribution in [0.25, 0.3) is 6.08 Å². The Morgan fingerprint density at radius 3 is 2.59 bits per heavy atom. The highest BCUT2D eigenvalue weighted by Crippen LogP contribution is 2.33. The summed E-state index contributed by atoms with van der Waals surface area (Å²) in [5.41, 5.74) is 3.36. The molecule has 8 heteroatoms.